The molecular weight excluding hydrogens is 330 g/mol. The number of pyridine rings is 1. The minimum absolute atomic E-state index is 0.0821. The van der Waals surface area contributed by atoms with Gasteiger partial charge in [-0.3, -0.25) is 4.79 Å². The van der Waals surface area contributed by atoms with Crippen LogP contribution in [-0.2, 0) is 0 Å². The third kappa shape index (κ3) is 3.31. The summed E-state index contributed by atoms with van der Waals surface area (Å²) in [6.07, 6.45) is 6.04. The molecule has 0 saturated carbocycles. The predicted molar refractivity (Wildman–Crippen MR) is 99.1 cm³/mol. The first-order chi connectivity index (χ1) is 12.7. The molecular formula is C20H23N3O3. The van der Waals surface area contributed by atoms with Crippen molar-refractivity contribution in [1.82, 2.24) is 9.88 Å². The summed E-state index contributed by atoms with van der Waals surface area (Å²) in [4.78, 5) is 19.2. The molecule has 0 spiro atoms. The Bertz CT molecular complexity index is 791. The molecule has 1 atom stereocenters. The fourth-order valence-electron chi connectivity index (χ4n) is 3.57. The standard InChI is InChI=1S/C20H23N3O3/c1-2-16-5-3-4-10-23(16)20(24)14-6-9-19(21-12-14)22-15-7-8-17-18(11-15)26-13-25-17/h6-9,11-12,16H,2-5,10,13H2,1H3,(H,21,22). The highest BCUT2D eigenvalue weighted by atomic mass is 16.7. The van der Waals surface area contributed by atoms with Crippen LogP contribution in [0.1, 0.15) is 43.0 Å². The maximum absolute atomic E-state index is 12.8. The second-order valence-corrected chi connectivity index (χ2v) is 6.68. The molecule has 3 heterocycles. The van der Waals surface area contributed by atoms with E-state index in [1.165, 1.54) is 6.42 Å². The van der Waals surface area contributed by atoms with Gasteiger partial charge in [0.1, 0.15) is 5.82 Å². The molecule has 2 aromatic rings. The zero-order valence-corrected chi connectivity index (χ0v) is 14.9. The Morgan fingerprint density at radius 3 is 2.92 bits per heavy atom. The SMILES string of the molecule is CCC1CCCCN1C(=O)c1ccc(Nc2ccc3c(c2)OCO3)nc1. The van der Waals surface area contributed by atoms with Gasteiger partial charge in [-0.2, -0.15) is 0 Å². The maximum atomic E-state index is 12.8. The van der Waals surface area contributed by atoms with E-state index in [9.17, 15) is 4.79 Å². The zero-order chi connectivity index (χ0) is 17.9. The van der Waals surface area contributed by atoms with E-state index >= 15 is 0 Å². The molecule has 1 aromatic heterocycles. The van der Waals surface area contributed by atoms with Gasteiger partial charge in [-0.15, -0.1) is 0 Å². The van der Waals surface area contributed by atoms with Crippen LogP contribution in [0.4, 0.5) is 11.5 Å². The van der Waals surface area contributed by atoms with Gasteiger partial charge in [0, 0.05) is 30.5 Å². The van der Waals surface area contributed by atoms with Gasteiger partial charge in [0.05, 0.1) is 5.56 Å². The van der Waals surface area contributed by atoms with Gasteiger partial charge in [0.15, 0.2) is 11.5 Å². The number of ether oxygens (including phenoxy) is 2. The van der Waals surface area contributed by atoms with Crippen LogP contribution in [-0.4, -0.2) is 35.2 Å². The Labute approximate surface area is 153 Å². The molecule has 0 radical (unpaired) electrons. The number of fused-ring (bicyclic) bond motifs is 1. The number of anilines is 2. The van der Waals surface area contributed by atoms with Crippen molar-refractivity contribution >= 4 is 17.4 Å². The smallest absolute Gasteiger partial charge is 0.255 e. The summed E-state index contributed by atoms with van der Waals surface area (Å²) in [5, 5.41) is 3.23. The van der Waals surface area contributed by atoms with E-state index in [0.717, 1.165) is 43.0 Å². The van der Waals surface area contributed by atoms with E-state index in [1.807, 2.05) is 35.2 Å². The lowest BCUT2D eigenvalue weighted by molar-refractivity contribution is 0.0607. The molecule has 4 rings (SSSR count). The number of piperidine rings is 1. The lowest BCUT2D eigenvalue weighted by Crippen LogP contribution is -2.43. The summed E-state index contributed by atoms with van der Waals surface area (Å²) in [6.45, 7) is 3.24. The second kappa shape index (κ2) is 7.23. The lowest BCUT2D eigenvalue weighted by Gasteiger charge is -2.35. The first kappa shape index (κ1) is 16.7. The van der Waals surface area contributed by atoms with Gasteiger partial charge in [-0.25, -0.2) is 4.98 Å². The van der Waals surface area contributed by atoms with E-state index in [4.69, 9.17) is 9.47 Å². The molecule has 6 nitrogen and oxygen atoms in total. The number of likely N-dealkylation sites (tertiary alicyclic amines) is 1. The number of hydrogen-bond donors (Lipinski definition) is 1. The van der Waals surface area contributed by atoms with Crippen LogP contribution in [0.2, 0.25) is 0 Å². The van der Waals surface area contributed by atoms with Crippen LogP contribution >= 0.6 is 0 Å². The number of carbonyl (C=O) groups is 1. The summed E-state index contributed by atoms with van der Waals surface area (Å²) in [6, 6.07) is 9.68. The van der Waals surface area contributed by atoms with Crippen molar-refractivity contribution in [2.45, 2.75) is 38.6 Å². The predicted octanol–water partition coefficient (Wildman–Crippen LogP) is 3.96. The topological polar surface area (TPSA) is 63.7 Å². The van der Waals surface area contributed by atoms with E-state index in [2.05, 4.69) is 17.2 Å². The van der Waals surface area contributed by atoms with Crippen molar-refractivity contribution in [3.8, 4) is 11.5 Å². The molecule has 1 aromatic carbocycles. The number of benzene rings is 1. The molecule has 0 bridgehead atoms. The van der Waals surface area contributed by atoms with Crippen LogP contribution in [0.5, 0.6) is 11.5 Å². The molecule has 1 saturated heterocycles. The third-order valence-electron chi connectivity index (χ3n) is 5.01. The Morgan fingerprint density at radius 2 is 2.12 bits per heavy atom. The number of hydrogen-bond acceptors (Lipinski definition) is 5. The largest absolute Gasteiger partial charge is 0.454 e. The Balaban J connectivity index is 1.45. The molecule has 1 unspecified atom stereocenters. The molecule has 136 valence electrons. The van der Waals surface area contributed by atoms with Crippen molar-refractivity contribution in [3.05, 3.63) is 42.1 Å². The average Bonchev–Trinajstić information content (AvgIpc) is 3.16. The van der Waals surface area contributed by atoms with Gasteiger partial charge >= 0.3 is 0 Å². The van der Waals surface area contributed by atoms with E-state index in [1.54, 1.807) is 6.20 Å². The first-order valence-electron chi connectivity index (χ1n) is 9.18. The fraction of sp³-hybridized carbons (Fsp3) is 0.400. The number of carbonyl (C=O) groups excluding carboxylic acids is 1. The fourth-order valence-corrected chi connectivity index (χ4v) is 3.57. The Kier molecular flexibility index (Phi) is 4.65. The van der Waals surface area contributed by atoms with E-state index in [0.29, 0.717) is 17.4 Å². The molecule has 1 N–H and O–H groups in total. The quantitative estimate of drug-likeness (QED) is 0.901. The number of rotatable bonds is 4. The highest BCUT2D eigenvalue weighted by molar-refractivity contribution is 5.94. The summed E-state index contributed by atoms with van der Waals surface area (Å²) >= 11 is 0. The monoisotopic (exact) mass is 353 g/mol. The minimum Gasteiger partial charge on any atom is -0.454 e. The van der Waals surface area contributed by atoms with Crippen LogP contribution < -0.4 is 14.8 Å². The number of nitrogens with one attached hydrogen (secondary N) is 1. The van der Waals surface area contributed by atoms with Gasteiger partial charge in [0.2, 0.25) is 6.79 Å². The van der Waals surface area contributed by atoms with E-state index < -0.39 is 0 Å². The molecule has 6 heteroatoms. The average molecular weight is 353 g/mol. The molecule has 1 fully saturated rings. The van der Waals surface area contributed by atoms with Gasteiger partial charge in [-0.05, 0) is 49.9 Å². The van der Waals surface area contributed by atoms with Crippen LogP contribution in [0, 0.1) is 0 Å². The Hall–Kier alpha value is -2.76. The summed E-state index contributed by atoms with van der Waals surface area (Å²) < 4.78 is 10.7. The number of amides is 1. The summed E-state index contributed by atoms with van der Waals surface area (Å²) in [5.41, 5.74) is 1.50. The van der Waals surface area contributed by atoms with Crippen LogP contribution in [0.15, 0.2) is 36.5 Å². The molecule has 26 heavy (non-hydrogen) atoms. The summed E-state index contributed by atoms with van der Waals surface area (Å²) in [7, 11) is 0. The maximum Gasteiger partial charge on any atom is 0.255 e. The molecule has 2 aliphatic heterocycles. The third-order valence-corrected chi connectivity index (χ3v) is 5.01. The molecule has 1 amide bonds. The minimum atomic E-state index is 0.0821. The number of nitrogens with zero attached hydrogens (tertiary/aromatic N) is 2. The van der Waals surface area contributed by atoms with Crippen molar-refractivity contribution in [2.75, 3.05) is 18.7 Å². The zero-order valence-electron chi connectivity index (χ0n) is 14.9. The van der Waals surface area contributed by atoms with Crippen LogP contribution in [0.25, 0.3) is 0 Å². The van der Waals surface area contributed by atoms with Crippen molar-refractivity contribution in [3.63, 3.8) is 0 Å². The van der Waals surface area contributed by atoms with Crippen LogP contribution in [0.3, 0.4) is 0 Å². The molecule has 0 aliphatic carbocycles. The van der Waals surface area contributed by atoms with Gasteiger partial charge < -0.3 is 19.7 Å². The first-order valence-corrected chi connectivity index (χ1v) is 9.18. The van der Waals surface area contributed by atoms with Crippen molar-refractivity contribution in [1.29, 1.82) is 0 Å². The lowest BCUT2D eigenvalue weighted by atomic mass is 9.99. The van der Waals surface area contributed by atoms with Crippen molar-refractivity contribution in [2.24, 2.45) is 0 Å². The second-order valence-electron chi connectivity index (χ2n) is 6.68. The Morgan fingerprint density at radius 1 is 1.23 bits per heavy atom. The molecule has 2 aliphatic rings. The number of aromatic nitrogens is 1. The normalized spacial score (nSPS) is 18.7. The van der Waals surface area contributed by atoms with Gasteiger partial charge in [0.25, 0.3) is 5.91 Å². The summed E-state index contributed by atoms with van der Waals surface area (Å²) in [5.74, 6) is 2.23. The van der Waals surface area contributed by atoms with Crippen molar-refractivity contribution < 1.29 is 14.3 Å². The van der Waals surface area contributed by atoms with Gasteiger partial charge in [-0.1, -0.05) is 6.92 Å². The van der Waals surface area contributed by atoms with E-state index in [-0.39, 0.29) is 12.7 Å². The highest BCUT2D eigenvalue weighted by Crippen LogP contribution is 2.34. The highest BCUT2D eigenvalue weighted by Gasteiger charge is 2.26.